The van der Waals surface area contributed by atoms with Gasteiger partial charge in [0.05, 0.1) is 11.2 Å². The van der Waals surface area contributed by atoms with Crippen LogP contribution in [-0.2, 0) is 11.3 Å². The summed E-state index contributed by atoms with van der Waals surface area (Å²) in [5, 5.41) is 14.2. The van der Waals surface area contributed by atoms with Crippen LogP contribution in [0.3, 0.4) is 0 Å². The van der Waals surface area contributed by atoms with Crippen molar-refractivity contribution in [3.63, 3.8) is 0 Å². The number of hydrogen-bond donors (Lipinski definition) is 4. The van der Waals surface area contributed by atoms with Gasteiger partial charge < -0.3 is 10.3 Å². The fourth-order valence-electron chi connectivity index (χ4n) is 3.24. The summed E-state index contributed by atoms with van der Waals surface area (Å²) in [4.78, 5) is 19.1. The van der Waals surface area contributed by atoms with Crippen molar-refractivity contribution in [2.24, 2.45) is 0 Å². The van der Waals surface area contributed by atoms with Gasteiger partial charge in [-0.25, -0.2) is 10.5 Å². The number of pyridine rings is 1. The summed E-state index contributed by atoms with van der Waals surface area (Å²) in [5.41, 5.74) is 6.67. The standard InChI is InChI=1S/C22H20N4O2/c1-14-22-18(17-4-2-3-5-19(17)25-22)12-20(24-14)23-13-16-8-6-15(7-9-16)10-11-21(27)26-28/h2-12,25,28H,13H2,1H3,(H,23,24)(H,26,27)/b11-10+. The highest BCUT2D eigenvalue weighted by Crippen LogP contribution is 2.28. The number of hydroxylamine groups is 1. The SMILES string of the molecule is Cc1nc(NCc2ccc(/C=C/C(=O)NO)cc2)cc2c1[nH]c1ccccc12. The second-order valence-corrected chi connectivity index (χ2v) is 6.59. The average molecular weight is 372 g/mol. The first kappa shape index (κ1) is 17.8. The highest BCUT2D eigenvalue weighted by Gasteiger charge is 2.09. The smallest absolute Gasteiger partial charge is 0.267 e. The molecule has 28 heavy (non-hydrogen) atoms. The number of H-pyrrole nitrogens is 1. The molecule has 0 fully saturated rings. The Morgan fingerprint density at radius 2 is 1.93 bits per heavy atom. The lowest BCUT2D eigenvalue weighted by Crippen LogP contribution is -2.14. The molecule has 0 unspecified atom stereocenters. The Labute approximate surface area is 161 Å². The Morgan fingerprint density at radius 3 is 2.71 bits per heavy atom. The van der Waals surface area contributed by atoms with E-state index in [1.807, 2.05) is 43.3 Å². The van der Waals surface area contributed by atoms with E-state index in [2.05, 4.69) is 33.5 Å². The molecule has 0 saturated heterocycles. The molecule has 0 spiro atoms. The van der Waals surface area contributed by atoms with Gasteiger partial charge in [-0.1, -0.05) is 42.5 Å². The van der Waals surface area contributed by atoms with E-state index in [0.29, 0.717) is 6.54 Å². The quantitative estimate of drug-likeness (QED) is 0.241. The van der Waals surface area contributed by atoms with Gasteiger partial charge in [0.15, 0.2) is 0 Å². The molecule has 0 aliphatic rings. The fraction of sp³-hybridized carbons (Fsp3) is 0.0909. The van der Waals surface area contributed by atoms with Gasteiger partial charge in [0.1, 0.15) is 5.82 Å². The molecule has 6 nitrogen and oxygen atoms in total. The number of aromatic nitrogens is 2. The normalized spacial score (nSPS) is 11.4. The summed E-state index contributed by atoms with van der Waals surface area (Å²) in [7, 11) is 0. The van der Waals surface area contributed by atoms with Crippen LogP contribution < -0.4 is 10.8 Å². The van der Waals surface area contributed by atoms with Crippen LogP contribution in [0.5, 0.6) is 0 Å². The van der Waals surface area contributed by atoms with Gasteiger partial charge in [-0.05, 0) is 36.3 Å². The van der Waals surface area contributed by atoms with Crippen molar-refractivity contribution in [3.8, 4) is 0 Å². The van der Waals surface area contributed by atoms with E-state index in [0.717, 1.165) is 39.1 Å². The summed E-state index contributed by atoms with van der Waals surface area (Å²) >= 11 is 0. The lowest BCUT2D eigenvalue weighted by Gasteiger charge is -2.08. The zero-order valence-corrected chi connectivity index (χ0v) is 15.4. The number of rotatable bonds is 5. The van der Waals surface area contributed by atoms with Gasteiger partial charge in [-0.15, -0.1) is 0 Å². The van der Waals surface area contributed by atoms with Gasteiger partial charge in [0, 0.05) is 28.9 Å². The van der Waals surface area contributed by atoms with Crippen molar-refractivity contribution in [1.29, 1.82) is 0 Å². The van der Waals surface area contributed by atoms with Crippen molar-refractivity contribution in [2.75, 3.05) is 5.32 Å². The minimum Gasteiger partial charge on any atom is -0.366 e. The van der Waals surface area contributed by atoms with Crippen LogP contribution in [0.4, 0.5) is 5.82 Å². The first-order chi connectivity index (χ1) is 13.6. The first-order valence-corrected chi connectivity index (χ1v) is 8.97. The van der Waals surface area contributed by atoms with Crippen molar-refractivity contribution >= 4 is 39.6 Å². The number of nitrogens with zero attached hydrogens (tertiary/aromatic N) is 1. The molecule has 6 heteroatoms. The molecule has 4 N–H and O–H groups in total. The predicted octanol–water partition coefficient (Wildman–Crippen LogP) is 4.16. The third-order valence-corrected chi connectivity index (χ3v) is 4.67. The zero-order valence-electron chi connectivity index (χ0n) is 15.4. The molecule has 0 radical (unpaired) electrons. The molecular weight excluding hydrogens is 352 g/mol. The Balaban J connectivity index is 1.52. The number of carbonyl (C=O) groups is 1. The van der Waals surface area contributed by atoms with E-state index in [9.17, 15) is 4.79 Å². The highest BCUT2D eigenvalue weighted by molar-refractivity contribution is 6.08. The summed E-state index contributed by atoms with van der Waals surface area (Å²) in [6, 6.07) is 18.1. The monoisotopic (exact) mass is 372 g/mol. The maximum absolute atomic E-state index is 11.0. The Morgan fingerprint density at radius 1 is 1.14 bits per heavy atom. The Hall–Kier alpha value is -3.64. The second kappa shape index (κ2) is 7.54. The van der Waals surface area contributed by atoms with Crippen LogP contribution in [0.2, 0.25) is 0 Å². The van der Waals surface area contributed by atoms with E-state index in [-0.39, 0.29) is 0 Å². The van der Waals surface area contributed by atoms with Crippen LogP contribution in [-0.4, -0.2) is 21.1 Å². The number of carbonyl (C=O) groups excluding carboxylic acids is 1. The number of para-hydroxylation sites is 1. The topological polar surface area (TPSA) is 90.0 Å². The molecule has 0 aliphatic carbocycles. The molecule has 140 valence electrons. The Kier molecular flexibility index (Phi) is 4.78. The van der Waals surface area contributed by atoms with Crippen molar-refractivity contribution in [3.05, 3.63) is 77.5 Å². The largest absolute Gasteiger partial charge is 0.366 e. The summed E-state index contributed by atoms with van der Waals surface area (Å²) in [6.45, 7) is 2.65. The van der Waals surface area contributed by atoms with Gasteiger partial charge in [0.2, 0.25) is 0 Å². The first-order valence-electron chi connectivity index (χ1n) is 8.97. The second-order valence-electron chi connectivity index (χ2n) is 6.59. The maximum Gasteiger partial charge on any atom is 0.267 e. The van der Waals surface area contributed by atoms with Gasteiger partial charge in [-0.2, -0.15) is 0 Å². The van der Waals surface area contributed by atoms with Gasteiger partial charge in [-0.3, -0.25) is 10.0 Å². The van der Waals surface area contributed by atoms with Gasteiger partial charge in [0.25, 0.3) is 5.91 Å². The van der Waals surface area contributed by atoms with E-state index in [1.54, 1.807) is 11.6 Å². The van der Waals surface area contributed by atoms with Crippen LogP contribution >= 0.6 is 0 Å². The summed E-state index contributed by atoms with van der Waals surface area (Å²) in [5.74, 6) is 0.276. The molecule has 1 amide bonds. The predicted molar refractivity (Wildman–Crippen MR) is 111 cm³/mol. The number of aryl methyl sites for hydroxylation is 1. The number of nitrogens with one attached hydrogen (secondary N) is 3. The molecule has 0 aliphatic heterocycles. The number of benzene rings is 2. The highest BCUT2D eigenvalue weighted by atomic mass is 16.5. The lowest BCUT2D eigenvalue weighted by atomic mass is 10.1. The van der Waals surface area contributed by atoms with Crippen molar-refractivity contribution < 1.29 is 10.0 Å². The Bertz CT molecular complexity index is 1180. The molecule has 0 saturated carbocycles. The zero-order chi connectivity index (χ0) is 19.5. The van der Waals surface area contributed by atoms with Gasteiger partial charge >= 0.3 is 0 Å². The minimum absolute atomic E-state index is 0.556. The number of fused-ring (bicyclic) bond motifs is 3. The molecule has 0 bridgehead atoms. The molecule has 0 atom stereocenters. The molecule has 2 aromatic carbocycles. The molecular formula is C22H20N4O2. The molecule has 4 aromatic rings. The van der Waals surface area contributed by atoms with Crippen LogP contribution in [0, 0.1) is 6.92 Å². The van der Waals surface area contributed by atoms with E-state index in [1.165, 1.54) is 11.5 Å². The van der Waals surface area contributed by atoms with Crippen LogP contribution in [0.25, 0.3) is 27.9 Å². The number of anilines is 1. The maximum atomic E-state index is 11.0. The van der Waals surface area contributed by atoms with Crippen LogP contribution in [0.1, 0.15) is 16.8 Å². The summed E-state index contributed by atoms with van der Waals surface area (Å²) < 4.78 is 0. The number of hydrogen-bond acceptors (Lipinski definition) is 4. The number of amides is 1. The van der Waals surface area contributed by atoms with Crippen molar-refractivity contribution in [1.82, 2.24) is 15.4 Å². The third kappa shape index (κ3) is 3.58. The molecule has 2 heterocycles. The molecule has 4 rings (SSSR count). The lowest BCUT2D eigenvalue weighted by molar-refractivity contribution is -0.124. The third-order valence-electron chi connectivity index (χ3n) is 4.67. The summed E-state index contributed by atoms with van der Waals surface area (Å²) in [6.07, 6.45) is 2.91. The van der Waals surface area contributed by atoms with E-state index in [4.69, 9.17) is 5.21 Å². The van der Waals surface area contributed by atoms with Crippen LogP contribution in [0.15, 0.2) is 60.7 Å². The van der Waals surface area contributed by atoms with E-state index < -0.39 is 5.91 Å². The number of aromatic amines is 1. The molecule has 2 aromatic heterocycles. The van der Waals surface area contributed by atoms with Crippen molar-refractivity contribution in [2.45, 2.75) is 13.5 Å². The fourth-order valence-corrected chi connectivity index (χ4v) is 3.24. The minimum atomic E-state index is -0.556. The van der Waals surface area contributed by atoms with E-state index >= 15 is 0 Å². The average Bonchev–Trinajstić information content (AvgIpc) is 3.10.